The van der Waals surface area contributed by atoms with Crippen molar-refractivity contribution in [3.63, 3.8) is 0 Å². The summed E-state index contributed by atoms with van der Waals surface area (Å²) in [6, 6.07) is 17.9. The molecule has 0 spiro atoms. The standard InChI is InChI=1S/C19H22N2O/c1-3-16-11-13-18(14-12-16)19(22)21-20-15(2)9-10-17-7-5-4-6-8-17/h4-8,11-14H,3,9-10H2,1-2H3,(H,21,22)/b20-15-. The molecule has 1 amide bonds. The number of nitrogens with zero attached hydrogens (tertiary/aromatic N) is 1. The second-order valence-corrected chi connectivity index (χ2v) is 5.32. The lowest BCUT2D eigenvalue weighted by Crippen LogP contribution is -2.19. The molecule has 2 rings (SSSR count). The Morgan fingerprint density at radius 1 is 1.00 bits per heavy atom. The second-order valence-electron chi connectivity index (χ2n) is 5.32. The smallest absolute Gasteiger partial charge is 0.267 e. The molecule has 0 aliphatic carbocycles. The first kappa shape index (κ1) is 16.0. The van der Waals surface area contributed by atoms with E-state index < -0.39 is 0 Å². The van der Waals surface area contributed by atoms with Gasteiger partial charge in [-0.2, -0.15) is 5.10 Å². The molecule has 0 bridgehead atoms. The lowest BCUT2D eigenvalue weighted by Gasteiger charge is -2.04. The van der Waals surface area contributed by atoms with Crippen molar-refractivity contribution in [2.24, 2.45) is 5.10 Å². The molecular weight excluding hydrogens is 272 g/mol. The zero-order valence-corrected chi connectivity index (χ0v) is 13.2. The van der Waals surface area contributed by atoms with Gasteiger partial charge in [0, 0.05) is 11.3 Å². The van der Waals surface area contributed by atoms with Crippen molar-refractivity contribution < 1.29 is 4.79 Å². The van der Waals surface area contributed by atoms with E-state index in [1.165, 1.54) is 11.1 Å². The SMILES string of the molecule is CCc1ccc(C(=O)N/N=C(/C)CCc2ccccc2)cc1. The fourth-order valence-electron chi connectivity index (χ4n) is 2.13. The highest BCUT2D eigenvalue weighted by Gasteiger charge is 2.04. The van der Waals surface area contributed by atoms with Crippen LogP contribution in [0, 0.1) is 0 Å². The van der Waals surface area contributed by atoms with Crippen LogP contribution in [-0.2, 0) is 12.8 Å². The molecule has 0 saturated heterocycles. The molecular formula is C19H22N2O. The van der Waals surface area contributed by atoms with Crippen LogP contribution in [0.15, 0.2) is 59.7 Å². The Morgan fingerprint density at radius 2 is 1.68 bits per heavy atom. The van der Waals surface area contributed by atoms with E-state index in [4.69, 9.17) is 0 Å². The van der Waals surface area contributed by atoms with Gasteiger partial charge in [-0.25, -0.2) is 5.43 Å². The molecule has 114 valence electrons. The normalized spacial score (nSPS) is 11.3. The monoisotopic (exact) mass is 294 g/mol. The third-order valence-corrected chi connectivity index (χ3v) is 3.59. The Kier molecular flexibility index (Phi) is 5.90. The topological polar surface area (TPSA) is 41.5 Å². The lowest BCUT2D eigenvalue weighted by atomic mass is 10.1. The van der Waals surface area contributed by atoms with Crippen molar-refractivity contribution >= 4 is 11.6 Å². The third-order valence-electron chi connectivity index (χ3n) is 3.59. The predicted molar refractivity (Wildman–Crippen MR) is 91.2 cm³/mol. The van der Waals surface area contributed by atoms with Crippen LogP contribution in [0.4, 0.5) is 0 Å². The number of hydrogen-bond acceptors (Lipinski definition) is 2. The van der Waals surface area contributed by atoms with Crippen molar-refractivity contribution in [3.8, 4) is 0 Å². The largest absolute Gasteiger partial charge is 0.271 e. The molecule has 3 heteroatoms. The summed E-state index contributed by atoms with van der Waals surface area (Å²) in [6.45, 7) is 4.03. The van der Waals surface area contributed by atoms with Crippen LogP contribution in [0.3, 0.4) is 0 Å². The summed E-state index contributed by atoms with van der Waals surface area (Å²) in [4.78, 5) is 12.0. The van der Waals surface area contributed by atoms with E-state index in [-0.39, 0.29) is 5.91 Å². The van der Waals surface area contributed by atoms with Gasteiger partial charge in [0.05, 0.1) is 0 Å². The number of carbonyl (C=O) groups excluding carboxylic acids is 1. The van der Waals surface area contributed by atoms with Crippen LogP contribution in [0.25, 0.3) is 0 Å². The molecule has 0 radical (unpaired) electrons. The van der Waals surface area contributed by atoms with E-state index in [9.17, 15) is 4.79 Å². The molecule has 0 atom stereocenters. The van der Waals surface area contributed by atoms with Gasteiger partial charge < -0.3 is 0 Å². The zero-order valence-electron chi connectivity index (χ0n) is 13.2. The van der Waals surface area contributed by atoms with E-state index in [1.807, 2.05) is 49.4 Å². The minimum Gasteiger partial charge on any atom is -0.267 e. The number of hydrogen-bond donors (Lipinski definition) is 1. The van der Waals surface area contributed by atoms with Gasteiger partial charge in [0.15, 0.2) is 0 Å². The molecule has 3 nitrogen and oxygen atoms in total. The molecule has 0 aromatic heterocycles. The summed E-state index contributed by atoms with van der Waals surface area (Å²) >= 11 is 0. The maximum atomic E-state index is 12.0. The van der Waals surface area contributed by atoms with Crippen molar-refractivity contribution in [2.75, 3.05) is 0 Å². The highest BCUT2D eigenvalue weighted by atomic mass is 16.2. The van der Waals surface area contributed by atoms with Gasteiger partial charge in [-0.15, -0.1) is 0 Å². The summed E-state index contributed by atoms with van der Waals surface area (Å²) in [6.07, 6.45) is 2.73. The number of rotatable bonds is 6. The Hall–Kier alpha value is -2.42. The maximum Gasteiger partial charge on any atom is 0.271 e. The highest BCUT2D eigenvalue weighted by molar-refractivity contribution is 5.95. The first-order valence-corrected chi connectivity index (χ1v) is 7.65. The lowest BCUT2D eigenvalue weighted by molar-refractivity contribution is 0.0954. The quantitative estimate of drug-likeness (QED) is 0.635. The van der Waals surface area contributed by atoms with Gasteiger partial charge in [-0.1, -0.05) is 49.4 Å². The Labute approximate surface area is 132 Å². The fourth-order valence-corrected chi connectivity index (χ4v) is 2.13. The minimum atomic E-state index is -0.165. The zero-order chi connectivity index (χ0) is 15.8. The van der Waals surface area contributed by atoms with E-state index in [0.717, 1.165) is 25.0 Å². The molecule has 0 aliphatic heterocycles. The molecule has 0 heterocycles. The maximum absolute atomic E-state index is 12.0. The van der Waals surface area contributed by atoms with Gasteiger partial charge >= 0.3 is 0 Å². The van der Waals surface area contributed by atoms with Gasteiger partial charge in [-0.05, 0) is 49.4 Å². The summed E-state index contributed by atoms with van der Waals surface area (Å²) in [5.74, 6) is -0.165. The predicted octanol–water partition coefficient (Wildman–Crippen LogP) is 3.99. The molecule has 2 aromatic carbocycles. The Bertz CT molecular complexity index is 630. The van der Waals surface area contributed by atoms with Crippen molar-refractivity contribution in [2.45, 2.75) is 33.1 Å². The first-order chi connectivity index (χ1) is 10.7. The van der Waals surface area contributed by atoms with Crippen LogP contribution >= 0.6 is 0 Å². The van der Waals surface area contributed by atoms with E-state index in [0.29, 0.717) is 5.56 Å². The second kappa shape index (κ2) is 8.13. The van der Waals surface area contributed by atoms with Gasteiger partial charge in [-0.3, -0.25) is 4.79 Å². The van der Waals surface area contributed by atoms with Crippen molar-refractivity contribution in [3.05, 3.63) is 71.3 Å². The van der Waals surface area contributed by atoms with E-state index in [1.54, 1.807) is 0 Å². The summed E-state index contributed by atoms with van der Waals surface area (Å²) in [5.41, 5.74) is 6.67. The molecule has 2 aromatic rings. The van der Waals surface area contributed by atoms with Gasteiger partial charge in [0.25, 0.3) is 5.91 Å². The van der Waals surface area contributed by atoms with E-state index >= 15 is 0 Å². The molecule has 1 N–H and O–H groups in total. The molecule has 0 fully saturated rings. The number of carbonyl (C=O) groups is 1. The van der Waals surface area contributed by atoms with Crippen LogP contribution < -0.4 is 5.43 Å². The minimum absolute atomic E-state index is 0.165. The summed E-state index contributed by atoms with van der Waals surface area (Å²) in [5, 5.41) is 4.18. The summed E-state index contributed by atoms with van der Waals surface area (Å²) in [7, 11) is 0. The molecule has 0 saturated carbocycles. The van der Waals surface area contributed by atoms with Crippen molar-refractivity contribution in [1.29, 1.82) is 0 Å². The van der Waals surface area contributed by atoms with Crippen LogP contribution in [-0.4, -0.2) is 11.6 Å². The summed E-state index contributed by atoms with van der Waals surface area (Å²) < 4.78 is 0. The number of hydrazone groups is 1. The Balaban J connectivity index is 1.85. The highest BCUT2D eigenvalue weighted by Crippen LogP contribution is 2.06. The average molecular weight is 294 g/mol. The van der Waals surface area contributed by atoms with Crippen LogP contribution in [0.2, 0.25) is 0 Å². The molecule has 0 unspecified atom stereocenters. The van der Waals surface area contributed by atoms with Crippen LogP contribution in [0.1, 0.15) is 41.8 Å². The number of aryl methyl sites for hydroxylation is 2. The fraction of sp³-hybridized carbons (Fsp3) is 0.263. The molecule has 0 aliphatic rings. The number of benzene rings is 2. The van der Waals surface area contributed by atoms with E-state index in [2.05, 4.69) is 29.6 Å². The Morgan fingerprint density at radius 3 is 2.32 bits per heavy atom. The average Bonchev–Trinajstić information content (AvgIpc) is 2.58. The number of nitrogens with one attached hydrogen (secondary N) is 1. The molecule has 22 heavy (non-hydrogen) atoms. The van der Waals surface area contributed by atoms with Crippen LogP contribution in [0.5, 0.6) is 0 Å². The van der Waals surface area contributed by atoms with Gasteiger partial charge in [0.2, 0.25) is 0 Å². The van der Waals surface area contributed by atoms with Gasteiger partial charge in [0.1, 0.15) is 0 Å². The third kappa shape index (κ3) is 4.85. The number of amides is 1. The first-order valence-electron chi connectivity index (χ1n) is 7.65. The van der Waals surface area contributed by atoms with Crippen molar-refractivity contribution in [1.82, 2.24) is 5.43 Å².